The van der Waals surface area contributed by atoms with Crippen molar-refractivity contribution in [2.45, 2.75) is 6.92 Å². The Labute approximate surface area is 109 Å². The van der Waals surface area contributed by atoms with Gasteiger partial charge in [0.2, 0.25) is 5.76 Å². The quantitative estimate of drug-likeness (QED) is 0.762. The van der Waals surface area contributed by atoms with E-state index >= 15 is 0 Å². The number of rotatable bonds is 2. The van der Waals surface area contributed by atoms with Gasteiger partial charge in [-0.05, 0) is 19.1 Å². The molecule has 3 rings (SSSR count). The van der Waals surface area contributed by atoms with Crippen molar-refractivity contribution in [1.29, 1.82) is 0 Å². The SMILES string of the molecule is Cc1cc(C(=O)Nc2cccc3cnccc23)on1. The van der Waals surface area contributed by atoms with Gasteiger partial charge in [-0.25, -0.2) is 0 Å². The van der Waals surface area contributed by atoms with Crippen LogP contribution in [-0.2, 0) is 0 Å². The van der Waals surface area contributed by atoms with E-state index in [1.807, 2.05) is 24.3 Å². The van der Waals surface area contributed by atoms with Crippen LogP contribution in [0.15, 0.2) is 47.2 Å². The number of carbonyl (C=O) groups excluding carboxylic acids is 1. The number of hydrogen-bond donors (Lipinski definition) is 1. The summed E-state index contributed by atoms with van der Waals surface area (Å²) in [6, 6.07) is 9.10. The summed E-state index contributed by atoms with van der Waals surface area (Å²) in [6.07, 6.45) is 3.44. The van der Waals surface area contributed by atoms with Crippen molar-refractivity contribution in [3.8, 4) is 0 Å². The molecule has 0 fully saturated rings. The summed E-state index contributed by atoms with van der Waals surface area (Å²) in [7, 11) is 0. The first-order valence-electron chi connectivity index (χ1n) is 5.81. The Bertz CT molecular complexity index is 744. The van der Waals surface area contributed by atoms with E-state index in [9.17, 15) is 4.79 Å². The zero-order valence-corrected chi connectivity index (χ0v) is 10.3. The molecule has 0 aliphatic rings. The number of hydrogen-bond acceptors (Lipinski definition) is 4. The number of carbonyl (C=O) groups is 1. The fraction of sp³-hybridized carbons (Fsp3) is 0.0714. The van der Waals surface area contributed by atoms with Crippen LogP contribution in [0.1, 0.15) is 16.2 Å². The Kier molecular flexibility index (Phi) is 2.72. The van der Waals surface area contributed by atoms with Gasteiger partial charge in [-0.1, -0.05) is 17.3 Å². The van der Waals surface area contributed by atoms with Crippen molar-refractivity contribution in [2.75, 3.05) is 5.32 Å². The lowest BCUT2D eigenvalue weighted by Gasteiger charge is -2.06. The molecule has 0 radical (unpaired) electrons. The molecule has 5 heteroatoms. The van der Waals surface area contributed by atoms with Crippen molar-refractivity contribution >= 4 is 22.4 Å². The number of nitrogens with one attached hydrogen (secondary N) is 1. The number of anilines is 1. The molecule has 2 heterocycles. The van der Waals surface area contributed by atoms with Gasteiger partial charge in [0.15, 0.2) is 0 Å². The maximum Gasteiger partial charge on any atom is 0.294 e. The third kappa shape index (κ3) is 2.18. The van der Waals surface area contributed by atoms with E-state index < -0.39 is 0 Å². The molecule has 19 heavy (non-hydrogen) atoms. The number of benzene rings is 1. The van der Waals surface area contributed by atoms with Crippen LogP contribution in [0, 0.1) is 6.92 Å². The molecule has 0 spiro atoms. The fourth-order valence-electron chi connectivity index (χ4n) is 1.89. The van der Waals surface area contributed by atoms with Gasteiger partial charge in [0.05, 0.1) is 5.69 Å². The molecule has 1 N–H and O–H groups in total. The van der Waals surface area contributed by atoms with Gasteiger partial charge < -0.3 is 9.84 Å². The summed E-state index contributed by atoms with van der Waals surface area (Å²) in [5.74, 6) is -0.117. The Morgan fingerprint density at radius 3 is 3.00 bits per heavy atom. The lowest BCUT2D eigenvalue weighted by atomic mass is 10.1. The van der Waals surface area contributed by atoms with Gasteiger partial charge in [0, 0.05) is 34.9 Å². The summed E-state index contributed by atoms with van der Waals surface area (Å²) in [5.41, 5.74) is 1.39. The number of pyridine rings is 1. The van der Waals surface area contributed by atoms with Gasteiger partial charge in [-0.15, -0.1) is 0 Å². The van der Waals surface area contributed by atoms with Crippen LogP contribution >= 0.6 is 0 Å². The third-order valence-corrected chi connectivity index (χ3v) is 2.78. The first kappa shape index (κ1) is 11.4. The summed E-state index contributed by atoms with van der Waals surface area (Å²) < 4.78 is 4.94. The lowest BCUT2D eigenvalue weighted by molar-refractivity contribution is 0.0988. The molecule has 0 saturated heterocycles. The Morgan fingerprint density at radius 2 is 2.21 bits per heavy atom. The second-order valence-electron chi connectivity index (χ2n) is 4.19. The Morgan fingerprint density at radius 1 is 1.32 bits per heavy atom. The Balaban J connectivity index is 1.95. The summed E-state index contributed by atoms with van der Waals surface area (Å²) in [6.45, 7) is 1.77. The van der Waals surface area contributed by atoms with Gasteiger partial charge >= 0.3 is 0 Å². The predicted molar refractivity (Wildman–Crippen MR) is 70.9 cm³/mol. The molecule has 94 valence electrons. The largest absolute Gasteiger partial charge is 0.351 e. The number of aryl methyl sites for hydroxylation is 1. The molecular weight excluding hydrogens is 242 g/mol. The minimum Gasteiger partial charge on any atom is -0.351 e. The van der Waals surface area contributed by atoms with Crippen molar-refractivity contribution in [3.05, 3.63) is 54.2 Å². The summed E-state index contributed by atoms with van der Waals surface area (Å²) >= 11 is 0. The molecule has 3 aromatic rings. The smallest absolute Gasteiger partial charge is 0.294 e. The molecule has 0 aliphatic carbocycles. The predicted octanol–water partition coefficient (Wildman–Crippen LogP) is 2.78. The standard InChI is InChI=1S/C14H11N3O2/c1-9-7-13(19-17-9)14(18)16-12-4-2-3-10-8-15-6-5-11(10)12/h2-8H,1H3,(H,16,18). The molecule has 0 atom stereocenters. The van der Waals surface area contributed by atoms with Crippen LogP contribution in [0.25, 0.3) is 10.8 Å². The molecular formula is C14H11N3O2. The number of fused-ring (bicyclic) bond motifs is 1. The highest BCUT2D eigenvalue weighted by Crippen LogP contribution is 2.22. The lowest BCUT2D eigenvalue weighted by Crippen LogP contribution is -2.11. The number of aromatic nitrogens is 2. The maximum atomic E-state index is 12.0. The molecule has 1 amide bonds. The average Bonchev–Trinajstić information content (AvgIpc) is 2.86. The highest BCUT2D eigenvalue weighted by atomic mass is 16.5. The van der Waals surface area contributed by atoms with E-state index in [0.29, 0.717) is 5.69 Å². The van der Waals surface area contributed by atoms with Gasteiger partial charge in [0.1, 0.15) is 0 Å². The van der Waals surface area contributed by atoms with E-state index in [1.165, 1.54) is 0 Å². The number of nitrogens with zero attached hydrogens (tertiary/aromatic N) is 2. The minimum atomic E-state index is -0.315. The Hall–Kier alpha value is -2.69. The summed E-state index contributed by atoms with van der Waals surface area (Å²) in [4.78, 5) is 16.1. The molecule has 5 nitrogen and oxygen atoms in total. The van der Waals surface area contributed by atoms with Crippen molar-refractivity contribution < 1.29 is 9.32 Å². The normalized spacial score (nSPS) is 10.6. The molecule has 0 saturated carbocycles. The van der Waals surface area contributed by atoms with Crippen LogP contribution in [-0.4, -0.2) is 16.0 Å². The van der Waals surface area contributed by atoms with Crippen molar-refractivity contribution in [1.82, 2.24) is 10.1 Å². The zero-order valence-electron chi connectivity index (χ0n) is 10.3. The molecule has 1 aromatic carbocycles. The van der Waals surface area contributed by atoms with Crippen LogP contribution in [0.3, 0.4) is 0 Å². The third-order valence-electron chi connectivity index (χ3n) is 2.78. The monoisotopic (exact) mass is 253 g/mol. The number of amides is 1. The second-order valence-corrected chi connectivity index (χ2v) is 4.19. The van der Waals surface area contributed by atoms with E-state index in [0.717, 1.165) is 16.5 Å². The fourth-order valence-corrected chi connectivity index (χ4v) is 1.89. The van der Waals surface area contributed by atoms with Crippen molar-refractivity contribution in [3.63, 3.8) is 0 Å². The first-order chi connectivity index (χ1) is 9.24. The molecule has 0 bridgehead atoms. The summed E-state index contributed by atoms with van der Waals surface area (Å²) in [5, 5.41) is 8.41. The zero-order chi connectivity index (χ0) is 13.2. The van der Waals surface area contributed by atoms with Gasteiger partial charge in [0.25, 0.3) is 5.91 Å². The van der Waals surface area contributed by atoms with E-state index in [1.54, 1.807) is 25.4 Å². The van der Waals surface area contributed by atoms with E-state index in [2.05, 4.69) is 15.5 Å². The highest BCUT2D eigenvalue weighted by molar-refractivity contribution is 6.07. The van der Waals surface area contributed by atoms with Crippen LogP contribution < -0.4 is 5.32 Å². The van der Waals surface area contributed by atoms with Gasteiger partial charge in [-0.2, -0.15) is 0 Å². The molecule has 0 aliphatic heterocycles. The van der Waals surface area contributed by atoms with Crippen LogP contribution in [0.5, 0.6) is 0 Å². The first-order valence-corrected chi connectivity index (χ1v) is 5.81. The van der Waals surface area contributed by atoms with E-state index in [4.69, 9.17) is 4.52 Å². The van der Waals surface area contributed by atoms with Gasteiger partial charge in [-0.3, -0.25) is 9.78 Å². The highest BCUT2D eigenvalue weighted by Gasteiger charge is 2.12. The van der Waals surface area contributed by atoms with E-state index in [-0.39, 0.29) is 11.7 Å². The average molecular weight is 253 g/mol. The van der Waals surface area contributed by atoms with Crippen molar-refractivity contribution in [2.24, 2.45) is 0 Å². The van der Waals surface area contributed by atoms with Crippen LogP contribution in [0.2, 0.25) is 0 Å². The maximum absolute atomic E-state index is 12.0. The topological polar surface area (TPSA) is 68.0 Å². The molecule has 2 aromatic heterocycles. The molecule has 0 unspecified atom stereocenters. The second kappa shape index (κ2) is 4.53. The van der Waals surface area contributed by atoms with Crippen LogP contribution in [0.4, 0.5) is 5.69 Å². The minimum absolute atomic E-state index is 0.198.